The van der Waals surface area contributed by atoms with Gasteiger partial charge < -0.3 is 18.3 Å². The Morgan fingerprint density at radius 2 is 0.657 bits per heavy atom. The summed E-state index contributed by atoms with van der Waals surface area (Å²) in [4.78, 5) is 0. The molecular weight excluding hydrogens is 855 g/mol. The van der Waals surface area contributed by atoms with Gasteiger partial charge in [0, 0.05) is 54.5 Å². The molecule has 0 spiro atoms. The highest BCUT2D eigenvalue weighted by molar-refractivity contribution is 6.28. The van der Waals surface area contributed by atoms with Crippen molar-refractivity contribution in [2.24, 2.45) is 0 Å². The molecule has 14 aromatic rings. The minimum Gasteiger partial charge on any atom is -0.309 e. The van der Waals surface area contributed by atoms with Gasteiger partial charge in [0.2, 0.25) is 0 Å². The summed E-state index contributed by atoms with van der Waals surface area (Å²) in [5, 5.41) is 41.2. The maximum absolute atomic E-state index is 12.0. The van der Waals surface area contributed by atoms with Crippen LogP contribution in [0.3, 0.4) is 0 Å². The number of aromatic nitrogens is 4. The van der Waals surface area contributed by atoms with Crippen LogP contribution in [0.4, 0.5) is 0 Å². The van der Waals surface area contributed by atoms with Crippen molar-refractivity contribution in [2.45, 2.75) is 0 Å². The fourth-order valence-electron chi connectivity index (χ4n) is 11.4. The number of rotatable bonds is 5. The third-order valence-electron chi connectivity index (χ3n) is 14.2. The molecule has 0 radical (unpaired) electrons. The Bertz CT molecular complexity index is 4390. The third-order valence-corrected chi connectivity index (χ3v) is 14.2. The van der Waals surface area contributed by atoms with Gasteiger partial charge in [-0.1, -0.05) is 121 Å². The summed E-state index contributed by atoms with van der Waals surface area (Å²) in [5.41, 5.74) is 14.2. The van der Waals surface area contributed by atoms with Crippen LogP contribution < -0.4 is 0 Å². The molecule has 0 unspecified atom stereocenters. The molecule has 0 aliphatic carbocycles. The molecule has 70 heavy (non-hydrogen) atoms. The minimum absolute atomic E-state index is 0.376. The molecule has 0 amide bonds. The van der Waals surface area contributed by atoms with Crippen LogP contribution in [-0.2, 0) is 0 Å². The van der Waals surface area contributed by atoms with E-state index in [2.05, 4.69) is 218 Å². The molecule has 0 N–H and O–H groups in total. The van der Waals surface area contributed by atoms with Gasteiger partial charge in [-0.05, 0) is 102 Å². The molecule has 0 fully saturated rings. The van der Waals surface area contributed by atoms with Crippen molar-refractivity contribution in [1.29, 1.82) is 15.8 Å². The second kappa shape index (κ2) is 14.9. The van der Waals surface area contributed by atoms with E-state index in [-0.39, 0.29) is 0 Å². The SMILES string of the molecule is N#Cc1cc(C#N)cc(-c2cc(-n3c4ccccc4c4ccc5c(c6ccccc6n5-c5ccccc5)c43)c(C#N)c(-n3c4ccccc4c4ccc5c(c6ccccc6n5-c5ccccc5)c43)c2)c1. The first kappa shape index (κ1) is 39.1. The van der Waals surface area contributed by atoms with Crippen molar-refractivity contribution in [1.82, 2.24) is 18.3 Å². The maximum atomic E-state index is 12.0. The van der Waals surface area contributed by atoms with E-state index in [0.29, 0.717) is 33.6 Å². The van der Waals surface area contributed by atoms with E-state index in [4.69, 9.17) is 0 Å². The summed E-state index contributed by atoms with van der Waals surface area (Å²) in [6.07, 6.45) is 0. The number of hydrogen-bond acceptors (Lipinski definition) is 3. The van der Waals surface area contributed by atoms with Gasteiger partial charge in [-0.2, -0.15) is 15.8 Å². The van der Waals surface area contributed by atoms with E-state index < -0.39 is 0 Å². The summed E-state index contributed by atoms with van der Waals surface area (Å²) < 4.78 is 9.21. The Hall–Kier alpha value is -10.1. The molecule has 0 atom stereocenters. The average molecular weight is 890 g/mol. The summed E-state index contributed by atoms with van der Waals surface area (Å²) in [6.45, 7) is 0. The molecule has 7 nitrogen and oxygen atoms in total. The van der Waals surface area contributed by atoms with Crippen LogP contribution in [0.2, 0.25) is 0 Å². The largest absolute Gasteiger partial charge is 0.309 e. The quantitative estimate of drug-likeness (QED) is 0.172. The zero-order chi connectivity index (χ0) is 46.6. The van der Waals surface area contributed by atoms with Gasteiger partial charge in [0.05, 0.1) is 78.8 Å². The van der Waals surface area contributed by atoms with Crippen LogP contribution in [0.15, 0.2) is 212 Å². The number of para-hydroxylation sites is 6. The summed E-state index contributed by atoms with van der Waals surface area (Å²) in [6, 6.07) is 80.6. The van der Waals surface area contributed by atoms with E-state index in [9.17, 15) is 15.8 Å². The molecule has 0 bridgehead atoms. The van der Waals surface area contributed by atoms with Crippen LogP contribution in [0.25, 0.3) is 121 Å². The number of benzene rings is 10. The first-order chi connectivity index (χ1) is 34.6. The molecule has 0 aliphatic rings. The molecule has 4 heterocycles. The Morgan fingerprint density at radius 1 is 0.286 bits per heavy atom. The fourth-order valence-corrected chi connectivity index (χ4v) is 11.4. The lowest BCUT2D eigenvalue weighted by atomic mass is 9.97. The van der Waals surface area contributed by atoms with Gasteiger partial charge in [0.25, 0.3) is 0 Å². The number of hydrogen-bond donors (Lipinski definition) is 0. The molecule has 4 aromatic heterocycles. The minimum atomic E-state index is 0.376. The van der Waals surface area contributed by atoms with Crippen molar-refractivity contribution < 1.29 is 0 Å². The smallest absolute Gasteiger partial charge is 0.104 e. The normalized spacial score (nSPS) is 11.7. The van der Waals surface area contributed by atoms with Gasteiger partial charge in [-0.15, -0.1) is 0 Å². The first-order valence-electron chi connectivity index (χ1n) is 23.2. The lowest BCUT2D eigenvalue weighted by Gasteiger charge is -2.19. The van der Waals surface area contributed by atoms with Gasteiger partial charge >= 0.3 is 0 Å². The van der Waals surface area contributed by atoms with Crippen LogP contribution >= 0.6 is 0 Å². The lowest BCUT2D eigenvalue weighted by molar-refractivity contribution is 1.12. The molecule has 7 heteroatoms. The van der Waals surface area contributed by atoms with Gasteiger partial charge in [0.1, 0.15) is 11.6 Å². The average Bonchev–Trinajstić information content (AvgIpc) is 4.15. The van der Waals surface area contributed by atoms with Crippen LogP contribution in [0, 0.1) is 34.0 Å². The van der Waals surface area contributed by atoms with Crippen molar-refractivity contribution in [2.75, 3.05) is 0 Å². The topological polar surface area (TPSA) is 91.1 Å². The predicted molar refractivity (Wildman–Crippen MR) is 283 cm³/mol. The maximum Gasteiger partial charge on any atom is 0.104 e. The molecule has 0 aliphatic heterocycles. The van der Waals surface area contributed by atoms with Crippen LogP contribution in [0.5, 0.6) is 0 Å². The van der Waals surface area contributed by atoms with Crippen molar-refractivity contribution >= 4 is 87.2 Å². The monoisotopic (exact) mass is 889 g/mol. The predicted octanol–water partition coefficient (Wildman–Crippen LogP) is 15.4. The molecular formula is C63H35N7. The zero-order valence-corrected chi connectivity index (χ0v) is 37.3. The van der Waals surface area contributed by atoms with Gasteiger partial charge in [0.15, 0.2) is 0 Å². The van der Waals surface area contributed by atoms with E-state index in [0.717, 1.165) is 104 Å². The summed E-state index contributed by atoms with van der Waals surface area (Å²) in [5.74, 6) is 0. The van der Waals surface area contributed by atoms with Gasteiger partial charge in [-0.25, -0.2) is 0 Å². The van der Waals surface area contributed by atoms with Gasteiger partial charge in [-0.3, -0.25) is 0 Å². The van der Waals surface area contributed by atoms with E-state index in [1.807, 2.05) is 24.3 Å². The molecule has 10 aromatic carbocycles. The van der Waals surface area contributed by atoms with Crippen LogP contribution in [-0.4, -0.2) is 18.3 Å². The number of fused-ring (bicyclic) bond motifs is 14. The Kier molecular flexibility index (Phi) is 8.34. The Morgan fingerprint density at radius 3 is 1.07 bits per heavy atom. The number of nitriles is 3. The second-order valence-electron chi connectivity index (χ2n) is 17.8. The van der Waals surface area contributed by atoms with Crippen LogP contribution in [0.1, 0.15) is 16.7 Å². The van der Waals surface area contributed by atoms with E-state index in [1.165, 1.54) is 0 Å². The first-order valence-corrected chi connectivity index (χ1v) is 23.2. The Balaban J connectivity index is 1.20. The molecule has 322 valence electrons. The lowest BCUT2D eigenvalue weighted by Crippen LogP contribution is -2.06. The fraction of sp³-hybridized carbons (Fsp3) is 0. The van der Waals surface area contributed by atoms with Crippen molar-refractivity contribution in [3.8, 4) is 52.1 Å². The molecule has 14 rings (SSSR count). The molecule has 0 saturated carbocycles. The highest BCUT2D eigenvalue weighted by Gasteiger charge is 2.27. The molecule has 0 saturated heterocycles. The Labute approximate surface area is 400 Å². The second-order valence-corrected chi connectivity index (χ2v) is 17.8. The van der Waals surface area contributed by atoms with Crippen molar-refractivity contribution in [3.05, 3.63) is 229 Å². The number of nitrogens with zero attached hydrogens (tertiary/aromatic N) is 7. The summed E-state index contributed by atoms with van der Waals surface area (Å²) >= 11 is 0. The summed E-state index contributed by atoms with van der Waals surface area (Å²) in [7, 11) is 0. The highest BCUT2D eigenvalue weighted by Crippen LogP contribution is 2.47. The standard InChI is InChI=1S/C63H35N7/c64-36-39-31-40(37-65)33-41(32-39)42-34-58(69-52-23-11-7-19-45(52)47-27-29-56-60(62(47)69)49-21-9-13-25-54(49)67(56)43-15-3-1-4-16-43)51(38-66)59(35-42)70-53-24-12-8-20-46(53)48-28-30-57-61(63(48)70)50-22-10-14-26-55(50)68(57)44-17-5-2-6-18-44/h1-35H. The van der Waals surface area contributed by atoms with E-state index in [1.54, 1.807) is 6.07 Å². The highest BCUT2D eigenvalue weighted by atomic mass is 15.0. The van der Waals surface area contributed by atoms with E-state index >= 15 is 0 Å². The third kappa shape index (κ3) is 5.42. The zero-order valence-electron chi connectivity index (χ0n) is 37.3. The van der Waals surface area contributed by atoms with Crippen molar-refractivity contribution in [3.63, 3.8) is 0 Å².